The van der Waals surface area contributed by atoms with Crippen LogP contribution in [0.15, 0.2) is 45.6 Å². The van der Waals surface area contributed by atoms with Crippen molar-refractivity contribution in [2.75, 3.05) is 0 Å². The summed E-state index contributed by atoms with van der Waals surface area (Å²) < 4.78 is 5.76. The third-order valence-corrected chi connectivity index (χ3v) is 3.29. The van der Waals surface area contributed by atoms with Gasteiger partial charge in [-0.15, -0.1) is 0 Å². The number of nitrogens with one attached hydrogen (secondary N) is 1. The summed E-state index contributed by atoms with van der Waals surface area (Å²) in [6.07, 6.45) is 1.60. The van der Waals surface area contributed by atoms with Crippen LogP contribution in [0.25, 0.3) is 10.9 Å². The molecule has 3 aromatic rings. The zero-order chi connectivity index (χ0) is 13.4. The van der Waals surface area contributed by atoms with Crippen molar-refractivity contribution in [3.05, 3.63) is 58.1 Å². The van der Waals surface area contributed by atoms with Gasteiger partial charge in [0.2, 0.25) is 5.78 Å². The fourth-order valence-electron chi connectivity index (χ4n) is 2.03. The van der Waals surface area contributed by atoms with Crippen LogP contribution in [0.4, 0.5) is 0 Å². The standard InChI is InChI=1S/C14H7BrN2O2/c15-12-5-4-11(19-12)14(18)9-7-17-10-3-1-2-8(6-16)13(9)10/h1-5,7,17H. The minimum atomic E-state index is -0.250. The molecule has 0 fully saturated rings. The fourth-order valence-corrected chi connectivity index (χ4v) is 2.33. The third-order valence-electron chi connectivity index (χ3n) is 2.87. The smallest absolute Gasteiger partial charge is 0.230 e. The van der Waals surface area contributed by atoms with Crippen molar-refractivity contribution in [1.82, 2.24) is 4.98 Å². The summed E-state index contributed by atoms with van der Waals surface area (Å²) in [6, 6.07) is 10.6. The van der Waals surface area contributed by atoms with E-state index >= 15 is 0 Å². The van der Waals surface area contributed by atoms with Crippen molar-refractivity contribution in [1.29, 1.82) is 5.26 Å². The van der Waals surface area contributed by atoms with Gasteiger partial charge in [0.15, 0.2) is 10.4 Å². The molecule has 0 aliphatic heterocycles. The molecule has 5 heteroatoms. The van der Waals surface area contributed by atoms with Crippen LogP contribution in [0.2, 0.25) is 0 Å². The van der Waals surface area contributed by atoms with Crippen molar-refractivity contribution in [2.24, 2.45) is 0 Å². The maximum absolute atomic E-state index is 12.4. The van der Waals surface area contributed by atoms with Gasteiger partial charge in [-0.3, -0.25) is 4.79 Å². The van der Waals surface area contributed by atoms with Gasteiger partial charge in [-0.05, 0) is 40.2 Å². The summed E-state index contributed by atoms with van der Waals surface area (Å²) in [6.45, 7) is 0. The molecule has 0 bridgehead atoms. The van der Waals surface area contributed by atoms with E-state index in [0.29, 0.717) is 21.2 Å². The Morgan fingerprint density at radius 2 is 2.16 bits per heavy atom. The highest BCUT2D eigenvalue weighted by Crippen LogP contribution is 2.25. The van der Waals surface area contributed by atoms with E-state index in [4.69, 9.17) is 9.68 Å². The van der Waals surface area contributed by atoms with E-state index in [0.717, 1.165) is 5.52 Å². The first kappa shape index (κ1) is 11.8. The van der Waals surface area contributed by atoms with Crippen molar-refractivity contribution >= 4 is 32.6 Å². The first-order valence-electron chi connectivity index (χ1n) is 5.51. The number of aromatic amines is 1. The molecule has 0 radical (unpaired) electrons. The van der Waals surface area contributed by atoms with Gasteiger partial charge in [-0.1, -0.05) is 6.07 Å². The number of carbonyl (C=O) groups is 1. The first-order valence-corrected chi connectivity index (χ1v) is 6.30. The number of halogens is 1. The monoisotopic (exact) mass is 314 g/mol. The molecule has 92 valence electrons. The minimum absolute atomic E-state index is 0.237. The first-order chi connectivity index (χ1) is 9.20. The van der Waals surface area contributed by atoms with Crippen molar-refractivity contribution in [2.45, 2.75) is 0 Å². The lowest BCUT2D eigenvalue weighted by atomic mass is 10.0. The van der Waals surface area contributed by atoms with Crippen LogP contribution >= 0.6 is 15.9 Å². The topological polar surface area (TPSA) is 69.8 Å². The number of ketones is 1. The molecule has 3 rings (SSSR count). The van der Waals surface area contributed by atoms with Gasteiger partial charge < -0.3 is 9.40 Å². The highest BCUT2D eigenvalue weighted by atomic mass is 79.9. The number of rotatable bonds is 2. The maximum atomic E-state index is 12.4. The number of nitriles is 1. The van der Waals surface area contributed by atoms with Crippen LogP contribution in [0.5, 0.6) is 0 Å². The SMILES string of the molecule is N#Cc1cccc2[nH]cc(C(=O)c3ccc(Br)o3)c12. The number of hydrogen-bond donors (Lipinski definition) is 1. The van der Waals surface area contributed by atoms with Crippen LogP contribution in [-0.2, 0) is 0 Å². The molecule has 2 aromatic heterocycles. The molecular formula is C14H7BrN2O2. The van der Waals surface area contributed by atoms with Crippen molar-refractivity contribution < 1.29 is 9.21 Å². The molecule has 2 heterocycles. The second-order valence-electron chi connectivity index (χ2n) is 3.98. The molecule has 0 unspecified atom stereocenters. The van der Waals surface area contributed by atoms with E-state index in [-0.39, 0.29) is 11.5 Å². The van der Waals surface area contributed by atoms with Crippen LogP contribution in [0, 0.1) is 11.3 Å². The predicted molar refractivity (Wildman–Crippen MR) is 72.9 cm³/mol. The Balaban J connectivity index is 2.21. The number of aromatic nitrogens is 1. The third kappa shape index (κ3) is 1.86. The zero-order valence-electron chi connectivity index (χ0n) is 9.61. The molecule has 1 N–H and O–H groups in total. The molecule has 4 nitrogen and oxygen atoms in total. The summed E-state index contributed by atoms with van der Waals surface area (Å²) in [5.41, 5.74) is 1.66. The second kappa shape index (κ2) is 4.41. The number of carbonyl (C=O) groups excluding carboxylic acids is 1. The number of H-pyrrole nitrogens is 1. The van der Waals surface area contributed by atoms with E-state index in [1.54, 1.807) is 30.5 Å². The van der Waals surface area contributed by atoms with Crippen LogP contribution in [0.1, 0.15) is 21.7 Å². The number of fused-ring (bicyclic) bond motifs is 1. The zero-order valence-corrected chi connectivity index (χ0v) is 11.2. The summed E-state index contributed by atoms with van der Waals surface area (Å²) >= 11 is 3.16. The minimum Gasteiger partial charge on any atom is -0.446 e. The Kier molecular flexibility index (Phi) is 2.73. The highest BCUT2D eigenvalue weighted by molar-refractivity contribution is 9.10. The molecular weight excluding hydrogens is 308 g/mol. The normalized spacial score (nSPS) is 10.5. The van der Waals surface area contributed by atoms with E-state index in [2.05, 4.69) is 27.0 Å². The van der Waals surface area contributed by atoms with Gasteiger partial charge in [0.05, 0.1) is 17.2 Å². The number of furan rings is 1. The predicted octanol–water partition coefficient (Wildman–Crippen LogP) is 3.63. The molecule has 0 aliphatic carbocycles. The van der Waals surface area contributed by atoms with Gasteiger partial charge >= 0.3 is 0 Å². The average Bonchev–Trinajstić information content (AvgIpc) is 3.03. The van der Waals surface area contributed by atoms with Gasteiger partial charge in [-0.25, -0.2) is 0 Å². The lowest BCUT2D eigenvalue weighted by Gasteiger charge is -1.97. The van der Waals surface area contributed by atoms with Gasteiger partial charge in [0.25, 0.3) is 0 Å². The molecule has 0 saturated carbocycles. The van der Waals surface area contributed by atoms with Crippen molar-refractivity contribution in [3.8, 4) is 6.07 Å². The molecule has 0 saturated heterocycles. The van der Waals surface area contributed by atoms with E-state index in [1.807, 2.05) is 6.07 Å². The van der Waals surface area contributed by atoms with E-state index < -0.39 is 0 Å². The highest BCUT2D eigenvalue weighted by Gasteiger charge is 2.19. The van der Waals surface area contributed by atoms with Crippen LogP contribution in [0.3, 0.4) is 0 Å². The lowest BCUT2D eigenvalue weighted by Crippen LogP contribution is -1.99. The number of nitrogens with zero attached hydrogens (tertiary/aromatic N) is 1. The number of benzene rings is 1. The molecule has 0 atom stereocenters. The van der Waals surface area contributed by atoms with E-state index in [9.17, 15) is 4.79 Å². The summed E-state index contributed by atoms with van der Waals surface area (Å²) in [4.78, 5) is 15.4. The summed E-state index contributed by atoms with van der Waals surface area (Å²) in [5.74, 6) is -0.0137. The molecule has 1 aromatic carbocycles. The van der Waals surface area contributed by atoms with Gasteiger partial charge in [-0.2, -0.15) is 5.26 Å². The van der Waals surface area contributed by atoms with Crippen LogP contribution in [-0.4, -0.2) is 10.8 Å². The van der Waals surface area contributed by atoms with Crippen LogP contribution < -0.4 is 0 Å². The van der Waals surface area contributed by atoms with Crippen molar-refractivity contribution in [3.63, 3.8) is 0 Å². The van der Waals surface area contributed by atoms with Gasteiger partial charge in [0, 0.05) is 17.1 Å². The molecule has 0 aliphatic rings. The largest absolute Gasteiger partial charge is 0.446 e. The maximum Gasteiger partial charge on any atom is 0.230 e. The summed E-state index contributed by atoms with van der Waals surface area (Å²) in [7, 11) is 0. The molecule has 0 amide bonds. The summed E-state index contributed by atoms with van der Waals surface area (Å²) in [5, 5.41) is 9.76. The molecule has 0 spiro atoms. The Hall–Kier alpha value is -2.32. The molecule has 19 heavy (non-hydrogen) atoms. The van der Waals surface area contributed by atoms with Gasteiger partial charge in [0.1, 0.15) is 0 Å². The average molecular weight is 315 g/mol. The Labute approximate surface area is 116 Å². The number of hydrogen-bond acceptors (Lipinski definition) is 3. The van der Waals surface area contributed by atoms with E-state index in [1.165, 1.54) is 0 Å². The Bertz CT molecular complexity index is 823. The fraction of sp³-hybridized carbons (Fsp3) is 0. The lowest BCUT2D eigenvalue weighted by molar-refractivity contribution is 0.101. The quantitative estimate of drug-likeness (QED) is 0.734. The Morgan fingerprint density at radius 3 is 2.84 bits per heavy atom. The second-order valence-corrected chi connectivity index (χ2v) is 4.76. The Morgan fingerprint density at radius 1 is 1.32 bits per heavy atom.